The van der Waals surface area contributed by atoms with Crippen molar-refractivity contribution in [2.45, 2.75) is 6.10 Å². The van der Waals surface area contributed by atoms with Crippen molar-refractivity contribution in [3.63, 3.8) is 0 Å². The number of β-amino-alcohol motifs (C(OH)–C–C–N with tert-alkyl or cyclic N) is 1. The highest BCUT2D eigenvalue weighted by atomic mass is 16.6. The lowest BCUT2D eigenvalue weighted by Gasteiger charge is -2.13. The number of nitrogens with zero attached hydrogens (tertiary/aromatic N) is 1. The van der Waals surface area contributed by atoms with Gasteiger partial charge in [0.25, 0.3) is 5.69 Å². The molecule has 1 saturated heterocycles. The first kappa shape index (κ1) is 15.9. The molecule has 1 aromatic carbocycles. The van der Waals surface area contributed by atoms with Crippen LogP contribution in [-0.4, -0.2) is 47.6 Å². The number of aliphatic hydroxyl groups excluding tert-OH is 1. The second-order valence-corrected chi connectivity index (χ2v) is 4.96. The van der Waals surface area contributed by atoms with Crippen LogP contribution in [0.15, 0.2) is 24.3 Å². The molecule has 0 aliphatic carbocycles. The normalized spacial score (nSPS) is 20.4. The van der Waals surface area contributed by atoms with Crippen molar-refractivity contribution >= 4 is 23.2 Å². The van der Waals surface area contributed by atoms with Crippen LogP contribution in [0.1, 0.15) is 0 Å². The Hall–Kier alpha value is -2.52. The summed E-state index contributed by atoms with van der Waals surface area (Å²) in [5.41, 5.74) is -0.0183. The molecule has 1 aromatic rings. The number of hydrogen-bond acceptors (Lipinski definition) is 6. The largest absolute Gasteiger partial charge is 0.391 e. The summed E-state index contributed by atoms with van der Waals surface area (Å²) in [4.78, 5) is 33.4. The fourth-order valence-corrected chi connectivity index (χ4v) is 2.12. The van der Waals surface area contributed by atoms with Gasteiger partial charge < -0.3 is 21.1 Å². The maximum Gasteiger partial charge on any atom is 0.313 e. The Morgan fingerprint density at radius 1 is 1.36 bits per heavy atom. The standard InChI is InChI=1S/C13H16N4O5/c18-11-7-14-5-8(11)6-15-12(19)13(20)16-9-2-1-3-10(4-9)17(21)22/h1-4,8,11,14,18H,5-7H2,(H,15,19)(H,16,20). The summed E-state index contributed by atoms with van der Waals surface area (Å²) < 4.78 is 0. The Morgan fingerprint density at radius 2 is 2.14 bits per heavy atom. The molecule has 0 saturated carbocycles. The van der Waals surface area contributed by atoms with E-state index in [0.717, 1.165) is 6.07 Å². The van der Waals surface area contributed by atoms with Crippen molar-refractivity contribution in [3.8, 4) is 0 Å². The Kier molecular flexibility index (Phi) is 5.02. The van der Waals surface area contributed by atoms with Crippen molar-refractivity contribution in [2.75, 3.05) is 25.0 Å². The van der Waals surface area contributed by atoms with Gasteiger partial charge in [0.2, 0.25) is 0 Å². The molecular weight excluding hydrogens is 292 g/mol. The third kappa shape index (κ3) is 3.99. The highest BCUT2D eigenvalue weighted by molar-refractivity contribution is 6.39. The van der Waals surface area contributed by atoms with Crippen molar-refractivity contribution in [1.29, 1.82) is 0 Å². The number of carbonyl (C=O) groups excluding carboxylic acids is 2. The Bertz CT molecular complexity index is 592. The summed E-state index contributed by atoms with van der Waals surface area (Å²) in [5.74, 6) is -1.92. The molecule has 1 aliphatic rings. The first-order valence-corrected chi connectivity index (χ1v) is 6.70. The zero-order chi connectivity index (χ0) is 16.1. The van der Waals surface area contributed by atoms with Crippen molar-refractivity contribution in [1.82, 2.24) is 10.6 Å². The highest BCUT2D eigenvalue weighted by Gasteiger charge is 2.26. The number of amides is 2. The fourth-order valence-electron chi connectivity index (χ4n) is 2.12. The summed E-state index contributed by atoms with van der Waals surface area (Å²) in [7, 11) is 0. The van der Waals surface area contributed by atoms with Crippen LogP contribution in [-0.2, 0) is 9.59 Å². The topological polar surface area (TPSA) is 134 Å². The number of non-ortho nitro benzene ring substituents is 1. The number of rotatable bonds is 4. The molecule has 4 N–H and O–H groups in total. The number of nitro benzene ring substituents is 1. The summed E-state index contributed by atoms with van der Waals surface area (Å²) in [6, 6.07) is 5.30. The predicted molar refractivity (Wildman–Crippen MR) is 77.1 cm³/mol. The van der Waals surface area contributed by atoms with E-state index in [4.69, 9.17) is 0 Å². The average molecular weight is 308 g/mol. The lowest BCUT2D eigenvalue weighted by molar-refractivity contribution is -0.384. The molecule has 1 fully saturated rings. The monoisotopic (exact) mass is 308 g/mol. The van der Waals surface area contributed by atoms with Crippen molar-refractivity contribution in [3.05, 3.63) is 34.4 Å². The minimum atomic E-state index is -0.916. The fraction of sp³-hybridized carbons (Fsp3) is 0.385. The third-order valence-corrected chi connectivity index (χ3v) is 3.35. The highest BCUT2D eigenvalue weighted by Crippen LogP contribution is 2.16. The van der Waals surface area contributed by atoms with Gasteiger partial charge in [0.1, 0.15) is 0 Å². The third-order valence-electron chi connectivity index (χ3n) is 3.35. The molecule has 0 radical (unpaired) electrons. The smallest absolute Gasteiger partial charge is 0.313 e. The molecule has 2 atom stereocenters. The molecule has 0 aromatic heterocycles. The summed E-state index contributed by atoms with van der Waals surface area (Å²) in [6.07, 6.45) is -0.555. The molecule has 0 bridgehead atoms. The maximum atomic E-state index is 11.7. The first-order valence-electron chi connectivity index (χ1n) is 6.70. The summed E-state index contributed by atoms with van der Waals surface area (Å²) >= 11 is 0. The Labute approximate surface area is 125 Å². The van der Waals surface area contributed by atoms with Gasteiger partial charge >= 0.3 is 11.8 Å². The summed E-state index contributed by atoms with van der Waals surface area (Å²) in [5, 5.41) is 27.9. The van der Waals surface area contributed by atoms with Gasteiger partial charge in [0.15, 0.2) is 0 Å². The molecule has 1 heterocycles. The van der Waals surface area contributed by atoms with Crippen LogP contribution in [0.25, 0.3) is 0 Å². The number of carbonyl (C=O) groups is 2. The van der Waals surface area contributed by atoms with Gasteiger partial charge in [-0.3, -0.25) is 19.7 Å². The molecule has 1 aliphatic heterocycles. The van der Waals surface area contributed by atoms with Gasteiger partial charge in [-0.1, -0.05) is 6.07 Å². The van der Waals surface area contributed by atoms with Gasteiger partial charge in [-0.05, 0) is 6.07 Å². The van der Waals surface area contributed by atoms with Crippen LogP contribution in [0.5, 0.6) is 0 Å². The molecule has 0 spiro atoms. The van der Waals surface area contributed by atoms with Crippen LogP contribution in [0.2, 0.25) is 0 Å². The number of nitro groups is 1. The Balaban J connectivity index is 1.87. The lowest BCUT2D eigenvalue weighted by Crippen LogP contribution is -2.40. The number of hydrogen-bond donors (Lipinski definition) is 4. The molecule has 2 amide bonds. The average Bonchev–Trinajstić information content (AvgIpc) is 2.90. The van der Waals surface area contributed by atoms with Gasteiger partial charge in [-0.2, -0.15) is 0 Å². The summed E-state index contributed by atoms with van der Waals surface area (Å²) in [6.45, 7) is 1.20. The zero-order valence-electron chi connectivity index (χ0n) is 11.6. The van der Waals surface area contributed by atoms with Crippen LogP contribution < -0.4 is 16.0 Å². The number of nitrogens with one attached hydrogen (secondary N) is 3. The van der Waals surface area contributed by atoms with Crippen LogP contribution >= 0.6 is 0 Å². The SMILES string of the molecule is O=C(NCC1CNCC1O)C(=O)Nc1cccc([N+](=O)[O-])c1. The van der Waals surface area contributed by atoms with E-state index in [1.165, 1.54) is 18.2 Å². The predicted octanol–water partition coefficient (Wildman–Crippen LogP) is -0.770. The van der Waals surface area contributed by atoms with Gasteiger partial charge in [0.05, 0.1) is 11.0 Å². The van der Waals surface area contributed by atoms with E-state index < -0.39 is 22.8 Å². The van der Waals surface area contributed by atoms with E-state index in [1.807, 2.05) is 0 Å². The minimum absolute atomic E-state index is 0.144. The number of benzene rings is 1. The second kappa shape index (κ2) is 6.96. The molecule has 22 heavy (non-hydrogen) atoms. The Morgan fingerprint density at radius 3 is 2.77 bits per heavy atom. The van der Waals surface area contributed by atoms with E-state index >= 15 is 0 Å². The van der Waals surface area contributed by atoms with E-state index in [2.05, 4.69) is 16.0 Å². The second-order valence-electron chi connectivity index (χ2n) is 4.96. The maximum absolute atomic E-state index is 11.7. The van der Waals surface area contributed by atoms with Crippen molar-refractivity contribution in [2.24, 2.45) is 5.92 Å². The quantitative estimate of drug-likeness (QED) is 0.328. The van der Waals surface area contributed by atoms with Gasteiger partial charge in [-0.25, -0.2) is 0 Å². The molecule has 118 valence electrons. The van der Waals surface area contributed by atoms with E-state index in [0.29, 0.717) is 13.1 Å². The van der Waals surface area contributed by atoms with Crippen LogP contribution in [0, 0.1) is 16.0 Å². The molecular formula is C13H16N4O5. The van der Waals surface area contributed by atoms with Crippen molar-refractivity contribution < 1.29 is 19.6 Å². The van der Waals surface area contributed by atoms with E-state index in [9.17, 15) is 24.8 Å². The van der Waals surface area contributed by atoms with Crippen LogP contribution in [0.4, 0.5) is 11.4 Å². The van der Waals surface area contributed by atoms with Gasteiger partial charge in [-0.15, -0.1) is 0 Å². The van der Waals surface area contributed by atoms with E-state index in [-0.39, 0.29) is 23.8 Å². The first-order chi connectivity index (χ1) is 10.5. The van der Waals surface area contributed by atoms with E-state index in [1.54, 1.807) is 0 Å². The lowest BCUT2D eigenvalue weighted by atomic mass is 10.1. The van der Waals surface area contributed by atoms with Gasteiger partial charge in [0, 0.05) is 43.4 Å². The zero-order valence-corrected chi connectivity index (χ0v) is 11.6. The molecule has 2 rings (SSSR count). The molecule has 9 heteroatoms. The minimum Gasteiger partial charge on any atom is -0.391 e. The molecule has 2 unspecified atom stereocenters. The number of anilines is 1. The van der Waals surface area contributed by atoms with Crippen LogP contribution in [0.3, 0.4) is 0 Å². The molecule has 9 nitrogen and oxygen atoms in total. The number of aliphatic hydroxyl groups is 1.